The number of aliphatic imine (C=N–C) groups is 1. The monoisotopic (exact) mass is 412 g/mol. The Hall–Kier alpha value is -3.22. The van der Waals surface area contributed by atoms with Gasteiger partial charge >= 0.3 is 6.18 Å². The second-order valence-electron chi connectivity index (χ2n) is 7.30. The van der Waals surface area contributed by atoms with Gasteiger partial charge in [-0.1, -0.05) is 19.1 Å². The van der Waals surface area contributed by atoms with Crippen LogP contribution in [0.25, 0.3) is 5.69 Å². The number of alkyl halides is 3. The molecule has 3 aromatic rings. The number of nitrogens with zero attached hydrogens (tertiary/aromatic N) is 2. The standard InChI is InChI=1S/C23H19F3N2O2/c1-2-17-16-12-20-21(30-10-9-29-20)13-19(16)28-8-4-7-18(28)22(27-17)14-5-3-6-15(11-14)23(24,25)26/h3-8,11-13,17H,2,9-10H2,1H3/t17-/m1/s1. The van der Waals surface area contributed by atoms with Crippen LogP contribution < -0.4 is 9.47 Å². The summed E-state index contributed by atoms with van der Waals surface area (Å²) in [6, 6.07) is 12.7. The van der Waals surface area contributed by atoms with Gasteiger partial charge in [0.25, 0.3) is 0 Å². The first-order valence-corrected chi connectivity index (χ1v) is 9.83. The summed E-state index contributed by atoms with van der Waals surface area (Å²) in [5.41, 5.74) is 2.89. The van der Waals surface area contributed by atoms with Crippen LogP contribution in [0.3, 0.4) is 0 Å². The highest BCUT2D eigenvalue weighted by molar-refractivity contribution is 6.13. The van der Waals surface area contributed by atoms with Crippen molar-refractivity contribution in [2.24, 2.45) is 4.99 Å². The maximum absolute atomic E-state index is 13.3. The lowest BCUT2D eigenvalue weighted by Crippen LogP contribution is -2.16. The van der Waals surface area contributed by atoms with Crippen LogP contribution >= 0.6 is 0 Å². The zero-order valence-corrected chi connectivity index (χ0v) is 16.2. The predicted molar refractivity (Wildman–Crippen MR) is 107 cm³/mol. The van der Waals surface area contributed by atoms with E-state index in [4.69, 9.17) is 14.5 Å². The van der Waals surface area contributed by atoms with E-state index in [-0.39, 0.29) is 6.04 Å². The van der Waals surface area contributed by atoms with Gasteiger partial charge in [0.2, 0.25) is 0 Å². The molecule has 0 N–H and O–H groups in total. The van der Waals surface area contributed by atoms with Crippen LogP contribution in [0, 0.1) is 0 Å². The molecule has 7 heteroatoms. The number of hydrogen-bond donors (Lipinski definition) is 0. The molecule has 0 radical (unpaired) electrons. The fraction of sp³-hybridized carbons (Fsp3) is 0.261. The highest BCUT2D eigenvalue weighted by atomic mass is 19.4. The number of aromatic nitrogens is 1. The lowest BCUT2D eigenvalue weighted by molar-refractivity contribution is -0.137. The van der Waals surface area contributed by atoms with Crippen molar-refractivity contribution in [2.75, 3.05) is 13.2 Å². The molecular weight excluding hydrogens is 393 g/mol. The van der Waals surface area contributed by atoms with Gasteiger partial charge < -0.3 is 14.0 Å². The normalized spacial score (nSPS) is 17.6. The number of benzene rings is 2. The Morgan fingerprint density at radius 3 is 2.53 bits per heavy atom. The minimum Gasteiger partial charge on any atom is -0.486 e. The van der Waals surface area contributed by atoms with Crippen molar-refractivity contribution in [3.05, 3.63) is 77.1 Å². The molecule has 0 amide bonds. The second-order valence-corrected chi connectivity index (χ2v) is 7.30. The van der Waals surface area contributed by atoms with Crippen molar-refractivity contribution in [1.29, 1.82) is 0 Å². The molecular formula is C23H19F3N2O2. The smallest absolute Gasteiger partial charge is 0.416 e. The lowest BCUT2D eigenvalue weighted by atomic mass is 10.0. The average Bonchev–Trinajstić information content (AvgIpc) is 3.18. The van der Waals surface area contributed by atoms with Gasteiger partial charge in [0, 0.05) is 23.4 Å². The Balaban J connectivity index is 1.72. The topological polar surface area (TPSA) is 35.8 Å². The molecule has 0 bridgehead atoms. The number of hydrogen-bond acceptors (Lipinski definition) is 3. The highest BCUT2D eigenvalue weighted by Crippen LogP contribution is 2.41. The van der Waals surface area contributed by atoms with Crippen LogP contribution in [-0.4, -0.2) is 23.5 Å². The van der Waals surface area contributed by atoms with Gasteiger partial charge in [0.15, 0.2) is 11.5 Å². The second kappa shape index (κ2) is 6.93. The molecule has 2 aliphatic rings. The first-order valence-electron chi connectivity index (χ1n) is 9.83. The minimum atomic E-state index is -4.41. The van der Waals surface area contributed by atoms with Gasteiger partial charge in [0.1, 0.15) is 13.2 Å². The van der Waals surface area contributed by atoms with Crippen molar-refractivity contribution in [3.8, 4) is 17.2 Å². The van der Waals surface area contributed by atoms with E-state index in [0.29, 0.717) is 42.4 Å². The van der Waals surface area contributed by atoms with Crippen molar-refractivity contribution in [1.82, 2.24) is 4.57 Å². The molecule has 2 aromatic carbocycles. The molecule has 2 aliphatic heterocycles. The molecule has 0 saturated heterocycles. The van der Waals surface area contributed by atoms with Crippen molar-refractivity contribution in [2.45, 2.75) is 25.6 Å². The number of ether oxygens (including phenoxy) is 2. The zero-order chi connectivity index (χ0) is 20.9. The number of halogens is 3. The Labute approximate surface area is 171 Å². The van der Waals surface area contributed by atoms with Gasteiger partial charge in [-0.2, -0.15) is 13.2 Å². The third-order valence-corrected chi connectivity index (χ3v) is 5.44. The Morgan fingerprint density at radius 2 is 1.80 bits per heavy atom. The van der Waals surface area contributed by atoms with Gasteiger partial charge in [0.05, 0.1) is 28.7 Å². The Bertz CT molecular complexity index is 1150. The molecule has 0 spiro atoms. The maximum Gasteiger partial charge on any atom is 0.416 e. The Morgan fingerprint density at radius 1 is 1.03 bits per heavy atom. The fourth-order valence-corrected chi connectivity index (χ4v) is 4.02. The van der Waals surface area contributed by atoms with E-state index < -0.39 is 11.7 Å². The van der Waals surface area contributed by atoms with Gasteiger partial charge in [-0.15, -0.1) is 0 Å². The lowest BCUT2D eigenvalue weighted by Gasteiger charge is -2.22. The quantitative estimate of drug-likeness (QED) is 0.552. The maximum atomic E-state index is 13.3. The van der Waals surface area contributed by atoms with E-state index in [9.17, 15) is 13.2 Å². The summed E-state index contributed by atoms with van der Waals surface area (Å²) in [7, 11) is 0. The molecule has 30 heavy (non-hydrogen) atoms. The van der Waals surface area contributed by atoms with Crippen LogP contribution in [0.5, 0.6) is 11.5 Å². The Kier molecular flexibility index (Phi) is 4.34. The SMILES string of the molecule is CC[C@H]1N=C(c2cccc(C(F)(F)F)c2)c2cccn2-c2cc3c(cc21)OCCO3. The third kappa shape index (κ3) is 3.05. The van der Waals surface area contributed by atoms with Crippen LogP contribution in [0.2, 0.25) is 0 Å². The third-order valence-electron chi connectivity index (χ3n) is 5.44. The van der Waals surface area contributed by atoms with Crippen molar-refractivity contribution < 1.29 is 22.6 Å². The predicted octanol–water partition coefficient (Wildman–Crippen LogP) is 5.57. The first kappa shape index (κ1) is 18.8. The van der Waals surface area contributed by atoms with Gasteiger partial charge in [-0.05, 0) is 36.8 Å². The molecule has 0 unspecified atom stereocenters. The summed E-state index contributed by atoms with van der Waals surface area (Å²) in [6.07, 6.45) is -1.82. The van der Waals surface area contributed by atoms with E-state index in [1.165, 1.54) is 6.07 Å². The molecule has 0 saturated carbocycles. The molecule has 154 valence electrons. The van der Waals surface area contributed by atoms with E-state index in [0.717, 1.165) is 29.1 Å². The van der Waals surface area contributed by atoms with E-state index in [1.807, 2.05) is 42.0 Å². The minimum absolute atomic E-state index is 0.222. The van der Waals surface area contributed by atoms with Gasteiger partial charge in [-0.25, -0.2) is 0 Å². The number of fused-ring (bicyclic) bond motifs is 4. The average molecular weight is 412 g/mol. The summed E-state index contributed by atoms with van der Waals surface area (Å²) < 4.78 is 53.4. The molecule has 0 fully saturated rings. The van der Waals surface area contributed by atoms with Crippen LogP contribution in [0.15, 0.2) is 59.7 Å². The van der Waals surface area contributed by atoms with Crippen molar-refractivity contribution in [3.63, 3.8) is 0 Å². The highest BCUT2D eigenvalue weighted by Gasteiger charge is 2.32. The fourth-order valence-electron chi connectivity index (χ4n) is 4.02. The van der Waals surface area contributed by atoms with Gasteiger partial charge in [-0.3, -0.25) is 4.99 Å². The van der Waals surface area contributed by atoms with E-state index in [2.05, 4.69) is 0 Å². The molecule has 1 aromatic heterocycles. The molecule has 4 nitrogen and oxygen atoms in total. The van der Waals surface area contributed by atoms with Crippen LogP contribution in [0.1, 0.15) is 41.8 Å². The van der Waals surface area contributed by atoms with E-state index >= 15 is 0 Å². The first-order chi connectivity index (χ1) is 14.5. The van der Waals surface area contributed by atoms with Crippen LogP contribution in [-0.2, 0) is 6.18 Å². The number of rotatable bonds is 2. The molecule has 0 aliphatic carbocycles. The summed E-state index contributed by atoms with van der Waals surface area (Å²) >= 11 is 0. The summed E-state index contributed by atoms with van der Waals surface area (Å²) in [4.78, 5) is 4.92. The molecule has 5 rings (SSSR count). The largest absolute Gasteiger partial charge is 0.486 e. The zero-order valence-electron chi connectivity index (χ0n) is 16.2. The summed E-state index contributed by atoms with van der Waals surface area (Å²) in [6.45, 7) is 2.97. The van der Waals surface area contributed by atoms with E-state index in [1.54, 1.807) is 6.07 Å². The summed E-state index contributed by atoms with van der Waals surface area (Å²) in [5, 5.41) is 0. The molecule has 3 heterocycles. The van der Waals surface area contributed by atoms with Crippen LogP contribution in [0.4, 0.5) is 13.2 Å². The molecule has 1 atom stereocenters. The van der Waals surface area contributed by atoms with Crippen molar-refractivity contribution >= 4 is 5.71 Å². The summed E-state index contributed by atoms with van der Waals surface area (Å²) in [5.74, 6) is 1.34.